The van der Waals surface area contributed by atoms with Crippen LogP contribution in [0, 0.1) is 0 Å². The number of hydrogen-bond donors (Lipinski definition) is 2. The number of rotatable bonds is 3. The molecule has 0 spiro atoms. The van der Waals surface area contributed by atoms with E-state index in [2.05, 4.69) is 15.6 Å². The highest BCUT2D eigenvalue weighted by Crippen LogP contribution is 2.34. The second kappa shape index (κ2) is 5.91. The summed E-state index contributed by atoms with van der Waals surface area (Å²) in [5, 5.41) is 4.70. The van der Waals surface area contributed by atoms with Gasteiger partial charge in [-0.3, -0.25) is 5.32 Å². The zero-order valence-corrected chi connectivity index (χ0v) is 10.9. The Morgan fingerprint density at radius 3 is 2.55 bits per heavy atom. The van der Waals surface area contributed by atoms with Crippen molar-refractivity contribution in [3.05, 3.63) is 47.0 Å². The number of halogens is 3. The van der Waals surface area contributed by atoms with Gasteiger partial charge in [-0.05, 0) is 5.56 Å². The molecule has 0 radical (unpaired) electrons. The molecule has 2 amide bonds. The number of thiazole rings is 1. The molecule has 0 atom stereocenters. The smallest absolute Gasteiger partial charge is 0.334 e. The summed E-state index contributed by atoms with van der Waals surface area (Å²) < 4.78 is 37.1. The molecule has 4 nitrogen and oxygen atoms in total. The van der Waals surface area contributed by atoms with Crippen molar-refractivity contribution in [2.45, 2.75) is 12.7 Å². The lowest BCUT2D eigenvalue weighted by atomic mass is 10.2. The molecule has 0 fully saturated rings. The van der Waals surface area contributed by atoms with Crippen LogP contribution in [-0.2, 0) is 12.7 Å². The average molecular weight is 301 g/mol. The Kier molecular flexibility index (Phi) is 4.23. The van der Waals surface area contributed by atoms with Crippen molar-refractivity contribution in [2.24, 2.45) is 0 Å². The maximum absolute atomic E-state index is 12.4. The third-order valence-electron chi connectivity index (χ3n) is 2.30. The van der Waals surface area contributed by atoms with Gasteiger partial charge in [0, 0.05) is 6.54 Å². The van der Waals surface area contributed by atoms with Crippen LogP contribution in [0.1, 0.15) is 10.4 Å². The Balaban J connectivity index is 1.87. The van der Waals surface area contributed by atoms with Crippen molar-refractivity contribution < 1.29 is 18.0 Å². The summed E-state index contributed by atoms with van der Waals surface area (Å²) >= 11 is 0.382. The zero-order chi connectivity index (χ0) is 14.6. The van der Waals surface area contributed by atoms with Gasteiger partial charge in [-0.25, -0.2) is 9.78 Å². The van der Waals surface area contributed by atoms with Crippen LogP contribution in [0.5, 0.6) is 0 Å². The highest BCUT2D eigenvalue weighted by atomic mass is 32.1. The first-order valence-electron chi connectivity index (χ1n) is 5.57. The standard InChI is InChI=1S/C12H10F3N3OS/c13-12(14,15)9-7-17-11(20-9)18-10(19)16-6-8-4-2-1-3-5-8/h1-5,7H,6H2,(H2,16,17,18,19). The summed E-state index contributed by atoms with van der Waals surface area (Å²) in [6.07, 6.45) is -3.75. The van der Waals surface area contributed by atoms with Gasteiger partial charge in [-0.1, -0.05) is 41.7 Å². The number of nitrogens with zero attached hydrogens (tertiary/aromatic N) is 1. The van der Waals surface area contributed by atoms with Crippen molar-refractivity contribution in [1.82, 2.24) is 10.3 Å². The summed E-state index contributed by atoms with van der Waals surface area (Å²) in [6, 6.07) is 8.54. The molecule has 1 aromatic carbocycles. The van der Waals surface area contributed by atoms with Crippen molar-refractivity contribution >= 4 is 22.5 Å². The van der Waals surface area contributed by atoms with Gasteiger partial charge in [0.1, 0.15) is 4.88 Å². The van der Waals surface area contributed by atoms with Gasteiger partial charge in [0.25, 0.3) is 0 Å². The predicted molar refractivity (Wildman–Crippen MR) is 69.4 cm³/mol. The quantitative estimate of drug-likeness (QED) is 0.912. The lowest BCUT2D eigenvalue weighted by molar-refractivity contribution is -0.134. The number of alkyl halides is 3. The summed E-state index contributed by atoms with van der Waals surface area (Å²) in [5.74, 6) is 0. The van der Waals surface area contributed by atoms with E-state index in [1.165, 1.54) is 0 Å². The van der Waals surface area contributed by atoms with E-state index in [-0.39, 0.29) is 11.7 Å². The monoisotopic (exact) mass is 301 g/mol. The zero-order valence-electron chi connectivity index (χ0n) is 10.1. The fourth-order valence-electron chi connectivity index (χ4n) is 1.38. The normalized spacial score (nSPS) is 11.2. The molecule has 8 heteroatoms. The van der Waals surface area contributed by atoms with E-state index in [0.717, 1.165) is 5.56 Å². The topological polar surface area (TPSA) is 54.0 Å². The maximum Gasteiger partial charge on any atom is 0.427 e. The molecule has 2 rings (SSSR count). The molecule has 0 aliphatic rings. The first kappa shape index (κ1) is 14.3. The Morgan fingerprint density at radius 1 is 1.25 bits per heavy atom. The van der Waals surface area contributed by atoms with Gasteiger partial charge in [-0.15, -0.1) is 0 Å². The number of aromatic nitrogens is 1. The van der Waals surface area contributed by atoms with Gasteiger partial charge in [-0.2, -0.15) is 13.2 Å². The van der Waals surface area contributed by atoms with E-state index in [1.807, 2.05) is 30.3 Å². The van der Waals surface area contributed by atoms with Gasteiger partial charge in [0.15, 0.2) is 5.13 Å². The number of carbonyl (C=O) groups is 1. The highest BCUT2D eigenvalue weighted by Gasteiger charge is 2.33. The summed E-state index contributed by atoms with van der Waals surface area (Å²) in [4.78, 5) is 14.2. The Bertz CT molecular complexity index is 583. The molecule has 0 aliphatic heterocycles. The molecular weight excluding hydrogens is 291 g/mol. The minimum absolute atomic E-state index is 0.0945. The number of carbonyl (C=O) groups excluding carboxylic acids is 1. The Labute approximate surface area is 116 Å². The largest absolute Gasteiger partial charge is 0.427 e. The fraction of sp³-hybridized carbons (Fsp3) is 0.167. The second-order valence-corrected chi connectivity index (χ2v) is 4.85. The fourth-order valence-corrected chi connectivity index (χ4v) is 2.06. The van der Waals surface area contributed by atoms with Gasteiger partial charge in [0.05, 0.1) is 6.20 Å². The van der Waals surface area contributed by atoms with Crippen molar-refractivity contribution in [3.8, 4) is 0 Å². The average Bonchev–Trinajstić information content (AvgIpc) is 2.86. The molecule has 1 heterocycles. The Morgan fingerprint density at radius 2 is 1.95 bits per heavy atom. The van der Waals surface area contributed by atoms with Crippen LogP contribution in [0.3, 0.4) is 0 Å². The summed E-state index contributed by atoms with van der Waals surface area (Å²) in [5.41, 5.74) is 0.887. The number of benzene rings is 1. The second-order valence-electron chi connectivity index (χ2n) is 3.82. The number of amides is 2. The molecule has 0 unspecified atom stereocenters. The number of nitrogens with one attached hydrogen (secondary N) is 2. The molecule has 0 saturated heterocycles. The van der Waals surface area contributed by atoms with Crippen LogP contribution in [-0.4, -0.2) is 11.0 Å². The maximum atomic E-state index is 12.4. The molecule has 2 N–H and O–H groups in total. The van der Waals surface area contributed by atoms with Gasteiger partial charge < -0.3 is 5.32 Å². The number of urea groups is 1. The van der Waals surface area contributed by atoms with E-state index in [0.29, 0.717) is 17.5 Å². The van der Waals surface area contributed by atoms with Crippen molar-refractivity contribution in [2.75, 3.05) is 5.32 Å². The predicted octanol–water partition coefficient (Wildman–Crippen LogP) is 3.48. The first-order valence-corrected chi connectivity index (χ1v) is 6.38. The third-order valence-corrected chi connectivity index (χ3v) is 3.26. The minimum atomic E-state index is -4.45. The SMILES string of the molecule is O=C(NCc1ccccc1)Nc1ncc(C(F)(F)F)s1. The van der Waals surface area contributed by atoms with E-state index >= 15 is 0 Å². The van der Waals surface area contributed by atoms with Crippen molar-refractivity contribution in [1.29, 1.82) is 0 Å². The third kappa shape index (κ3) is 3.95. The van der Waals surface area contributed by atoms with E-state index in [9.17, 15) is 18.0 Å². The van der Waals surface area contributed by atoms with Gasteiger partial charge >= 0.3 is 12.2 Å². The van der Waals surface area contributed by atoms with Crippen LogP contribution in [0.15, 0.2) is 36.5 Å². The molecule has 0 aliphatic carbocycles. The molecule has 2 aromatic rings. The van der Waals surface area contributed by atoms with Gasteiger partial charge in [0.2, 0.25) is 0 Å². The molecular formula is C12H10F3N3OS. The lowest BCUT2D eigenvalue weighted by Gasteiger charge is -2.05. The molecule has 0 saturated carbocycles. The molecule has 20 heavy (non-hydrogen) atoms. The van der Waals surface area contributed by atoms with Crippen LogP contribution in [0.2, 0.25) is 0 Å². The van der Waals surface area contributed by atoms with E-state index < -0.39 is 17.1 Å². The van der Waals surface area contributed by atoms with Crippen LogP contribution in [0.4, 0.5) is 23.1 Å². The summed E-state index contributed by atoms with van der Waals surface area (Å²) in [7, 11) is 0. The highest BCUT2D eigenvalue weighted by molar-refractivity contribution is 7.15. The van der Waals surface area contributed by atoms with E-state index in [1.54, 1.807) is 0 Å². The van der Waals surface area contributed by atoms with Crippen LogP contribution in [0.25, 0.3) is 0 Å². The van der Waals surface area contributed by atoms with E-state index in [4.69, 9.17) is 0 Å². The number of hydrogen-bond acceptors (Lipinski definition) is 3. The molecule has 1 aromatic heterocycles. The Hall–Kier alpha value is -2.09. The minimum Gasteiger partial charge on any atom is -0.334 e. The van der Waals surface area contributed by atoms with Crippen LogP contribution < -0.4 is 10.6 Å². The number of anilines is 1. The summed E-state index contributed by atoms with van der Waals surface area (Å²) in [6.45, 7) is 0.282. The first-order chi connectivity index (χ1) is 9.45. The lowest BCUT2D eigenvalue weighted by Crippen LogP contribution is -2.28. The van der Waals surface area contributed by atoms with Crippen molar-refractivity contribution in [3.63, 3.8) is 0 Å². The van der Waals surface area contributed by atoms with Crippen LogP contribution >= 0.6 is 11.3 Å². The molecule has 0 bridgehead atoms. The molecule has 106 valence electrons.